The molecule has 0 atom stereocenters. The summed E-state index contributed by atoms with van der Waals surface area (Å²) in [7, 11) is 0. The van der Waals surface area contributed by atoms with E-state index in [0.29, 0.717) is 78.5 Å². The number of unbranched alkanes of at least 4 members (excludes halogenated alkanes) is 12. The molecule has 0 aromatic heterocycles. The fraction of sp³-hybridized carbons (Fsp3) is 0.889. The quantitative estimate of drug-likeness (QED) is 0.111. The zero-order valence-electron chi connectivity index (χ0n) is 31.2. The Labute approximate surface area is 292 Å². The lowest BCUT2D eigenvalue weighted by Crippen LogP contribution is -2.55. The fourth-order valence-corrected chi connectivity index (χ4v) is 5.66. The van der Waals surface area contributed by atoms with Crippen molar-refractivity contribution < 1.29 is 19.2 Å². The van der Waals surface area contributed by atoms with E-state index < -0.39 is 0 Å². The summed E-state index contributed by atoms with van der Waals surface area (Å²) < 4.78 is 0. The van der Waals surface area contributed by atoms with Gasteiger partial charge in [-0.25, -0.2) is 19.2 Å². The zero-order chi connectivity index (χ0) is 35.2. The normalized spacial score (nSPS) is 14.6. The van der Waals surface area contributed by atoms with Crippen molar-refractivity contribution in [1.82, 2.24) is 40.9 Å². The number of urea groups is 4. The first-order chi connectivity index (χ1) is 23.4. The molecule has 1 aliphatic heterocycles. The Morgan fingerprint density at radius 2 is 0.521 bits per heavy atom. The smallest absolute Gasteiger partial charge is 0.317 e. The topological polar surface area (TPSA) is 129 Å². The van der Waals surface area contributed by atoms with Gasteiger partial charge in [0.1, 0.15) is 0 Å². The molecular weight excluding hydrogens is 608 g/mol. The van der Waals surface area contributed by atoms with Gasteiger partial charge in [-0.1, -0.05) is 105 Å². The lowest BCUT2D eigenvalue weighted by Gasteiger charge is -2.34. The highest BCUT2D eigenvalue weighted by Gasteiger charge is 2.24. The van der Waals surface area contributed by atoms with Gasteiger partial charge in [0.05, 0.1) is 0 Å². The molecule has 12 nitrogen and oxygen atoms in total. The second-order valence-corrected chi connectivity index (χ2v) is 13.1. The molecule has 0 unspecified atom stereocenters. The van der Waals surface area contributed by atoms with E-state index in [2.05, 4.69) is 49.0 Å². The van der Waals surface area contributed by atoms with Crippen LogP contribution in [0.5, 0.6) is 0 Å². The lowest BCUT2D eigenvalue weighted by atomic mass is 10.2. The lowest BCUT2D eigenvalue weighted by molar-refractivity contribution is 0.142. The van der Waals surface area contributed by atoms with E-state index in [4.69, 9.17) is 0 Å². The molecule has 1 saturated heterocycles. The van der Waals surface area contributed by atoms with Gasteiger partial charge in [-0.05, 0) is 25.7 Å². The molecule has 4 N–H and O–H groups in total. The molecule has 1 aliphatic rings. The third-order valence-electron chi connectivity index (χ3n) is 8.93. The second kappa shape index (κ2) is 29.0. The maximum atomic E-state index is 13.4. The number of carbonyl (C=O) groups excluding carboxylic acids is 4. The Morgan fingerprint density at radius 1 is 0.333 bits per heavy atom. The van der Waals surface area contributed by atoms with Gasteiger partial charge < -0.3 is 40.9 Å². The van der Waals surface area contributed by atoms with E-state index in [0.717, 1.165) is 103 Å². The minimum atomic E-state index is -0.174. The van der Waals surface area contributed by atoms with Crippen LogP contribution in [0.1, 0.15) is 130 Å². The summed E-state index contributed by atoms with van der Waals surface area (Å²) in [6.45, 7) is 13.7. The molecule has 48 heavy (non-hydrogen) atoms. The number of hydrogen-bond acceptors (Lipinski definition) is 4. The molecule has 280 valence electrons. The van der Waals surface area contributed by atoms with Crippen molar-refractivity contribution in [3.05, 3.63) is 0 Å². The Hall–Kier alpha value is -2.92. The molecular formula is C36H72N8O4. The number of amides is 8. The van der Waals surface area contributed by atoms with E-state index in [-0.39, 0.29) is 24.1 Å². The predicted octanol–water partition coefficient (Wildman–Crippen LogP) is 6.37. The van der Waals surface area contributed by atoms with Crippen LogP contribution < -0.4 is 21.3 Å². The number of hydrogen-bond donors (Lipinski definition) is 4. The predicted molar refractivity (Wildman–Crippen MR) is 196 cm³/mol. The van der Waals surface area contributed by atoms with Gasteiger partial charge in [-0.2, -0.15) is 0 Å². The Balaban J connectivity index is 3.10. The van der Waals surface area contributed by atoms with Gasteiger partial charge >= 0.3 is 24.1 Å². The average molecular weight is 681 g/mol. The fourth-order valence-electron chi connectivity index (χ4n) is 5.66. The Bertz CT molecular complexity index is 710. The highest BCUT2D eigenvalue weighted by atomic mass is 16.2. The highest BCUT2D eigenvalue weighted by Crippen LogP contribution is 2.06. The first-order valence-electron chi connectivity index (χ1n) is 19.5. The maximum absolute atomic E-state index is 13.4. The first-order valence-corrected chi connectivity index (χ1v) is 19.5. The molecule has 0 aliphatic carbocycles. The third kappa shape index (κ3) is 20.4. The minimum Gasteiger partial charge on any atom is -0.338 e. The summed E-state index contributed by atoms with van der Waals surface area (Å²) in [6, 6.07) is -0.695. The van der Waals surface area contributed by atoms with Crippen LogP contribution in [0.4, 0.5) is 19.2 Å². The average Bonchev–Trinajstić information content (AvgIpc) is 3.07. The van der Waals surface area contributed by atoms with Crippen LogP contribution in [0.2, 0.25) is 0 Å². The van der Waals surface area contributed by atoms with Crippen LogP contribution in [-0.2, 0) is 0 Å². The molecule has 8 amide bonds. The third-order valence-corrected chi connectivity index (χ3v) is 8.93. The van der Waals surface area contributed by atoms with Crippen LogP contribution in [0.15, 0.2) is 0 Å². The molecule has 12 heteroatoms. The maximum Gasteiger partial charge on any atom is 0.317 e. The molecule has 0 radical (unpaired) electrons. The Morgan fingerprint density at radius 3 is 0.688 bits per heavy atom. The number of nitrogens with one attached hydrogen (secondary N) is 4. The monoisotopic (exact) mass is 681 g/mol. The van der Waals surface area contributed by atoms with Crippen LogP contribution in [0.25, 0.3) is 0 Å². The molecule has 0 bridgehead atoms. The van der Waals surface area contributed by atoms with Crippen LogP contribution in [-0.4, -0.2) is 122 Å². The zero-order valence-corrected chi connectivity index (χ0v) is 31.2. The summed E-state index contributed by atoms with van der Waals surface area (Å²) in [6.07, 6.45) is 17.0. The van der Waals surface area contributed by atoms with E-state index >= 15 is 0 Å². The largest absolute Gasteiger partial charge is 0.338 e. The van der Waals surface area contributed by atoms with Gasteiger partial charge in [0.2, 0.25) is 0 Å². The van der Waals surface area contributed by atoms with Crippen LogP contribution in [0, 0.1) is 0 Å². The van der Waals surface area contributed by atoms with Gasteiger partial charge in [0.25, 0.3) is 0 Å². The van der Waals surface area contributed by atoms with Gasteiger partial charge in [-0.15, -0.1) is 0 Å². The van der Waals surface area contributed by atoms with Crippen molar-refractivity contribution in [2.24, 2.45) is 0 Å². The van der Waals surface area contributed by atoms with E-state index in [9.17, 15) is 19.2 Å². The summed E-state index contributed by atoms with van der Waals surface area (Å²) in [5.41, 5.74) is 0. The van der Waals surface area contributed by atoms with Crippen molar-refractivity contribution in [3.8, 4) is 0 Å². The molecule has 1 rings (SSSR count). The van der Waals surface area contributed by atoms with Crippen LogP contribution >= 0.6 is 0 Å². The highest BCUT2D eigenvalue weighted by molar-refractivity contribution is 5.77. The molecule has 0 aromatic carbocycles. The molecule has 0 aromatic rings. The molecule has 0 spiro atoms. The van der Waals surface area contributed by atoms with Crippen molar-refractivity contribution in [1.29, 1.82) is 0 Å². The SMILES string of the molecule is CCCCCCNC(=O)N1CCN(C(=O)NCCCCCC)CCN(C(=O)NCCCCCC)CCN(C(=O)NCCCCCC)CC1. The van der Waals surface area contributed by atoms with Crippen LogP contribution in [0.3, 0.4) is 0 Å². The van der Waals surface area contributed by atoms with Crippen molar-refractivity contribution in [2.45, 2.75) is 130 Å². The number of carbonyl (C=O) groups is 4. The number of rotatable bonds is 20. The molecule has 1 fully saturated rings. The molecule has 1 heterocycles. The summed E-state index contributed by atoms with van der Waals surface area (Å²) in [5.74, 6) is 0. The van der Waals surface area contributed by atoms with Gasteiger partial charge in [0.15, 0.2) is 0 Å². The standard InChI is InChI=1S/C36H72N8O4/c1-5-9-13-17-21-37-33(45)41-25-27-42(34(46)38-22-18-14-10-6-2)29-31-44(36(48)40-24-20-16-12-8-4)32-30-43(28-26-41)35(47)39-23-19-15-11-7-3/h5-32H2,1-4H3,(H,37,45)(H,38,46)(H,39,47)(H,40,48). The summed E-state index contributed by atoms with van der Waals surface area (Å²) in [4.78, 5) is 60.4. The summed E-state index contributed by atoms with van der Waals surface area (Å²) >= 11 is 0. The van der Waals surface area contributed by atoms with Crippen molar-refractivity contribution >= 4 is 24.1 Å². The van der Waals surface area contributed by atoms with Crippen molar-refractivity contribution in [3.63, 3.8) is 0 Å². The van der Waals surface area contributed by atoms with Gasteiger partial charge in [-0.3, -0.25) is 0 Å². The van der Waals surface area contributed by atoms with E-state index in [1.54, 1.807) is 19.6 Å². The Kier molecular flexibility index (Phi) is 26.1. The van der Waals surface area contributed by atoms with E-state index in [1.165, 1.54) is 0 Å². The minimum absolute atomic E-state index is 0.174. The van der Waals surface area contributed by atoms with Gasteiger partial charge in [0, 0.05) is 78.5 Å². The first kappa shape index (κ1) is 43.1. The number of nitrogens with zero attached hydrogens (tertiary/aromatic N) is 4. The summed E-state index contributed by atoms with van der Waals surface area (Å²) in [5, 5.41) is 12.2. The van der Waals surface area contributed by atoms with E-state index in [1.807, 2.05) is 0 Å². The molecule has 0 saturated carbocycles. The second-order valence-electron chi connectivity index (χ2n) is 13.1. The van der Waals surface area contributed by atoms with Crippen molar-refractivity contribution in [2.75, 3.05) is 78.5 Å².